The van der Waals surface area contributed by atoms with Crippen molar-refractivity contribution in [3.8, 4) is 11.4 Å². The Morgan fingerprint density at radius 2 is 1.75 bits per heavy atom. The number of aryl methyl sites for hydroxylation is 1. The molecule has 3 aromatic rings. The van der Waals surface area contributed by atoms with E-state index < -0.39 is 0 Å². The zero-order valence-corrected chi connectivity index (χ0v) is 12.8. The van der Waals surface area contributed by atoms with Gasteiger partial charge in [0.25, 0.3) is 0 Å². The van der Waals surface area contributed by atoms with Crippen LogP contribution in [0.4, 0.5) is 0 Å². The Balaban J connectivity index is 2.28. The smallest absolute Gasteiger partial charge is 0.162 e. The fraction of sp³-hybridized carbons (Fsp3) is 0.0667. The van der Waals surface area contributed by atoms with Crippen LogP contribution < -0.4 is 0 Å². The molecule has 0 aliphatic carbocycles. The van der Waals surface area contributed by atoms with Gasteiger partial charge in [-0.15, -0.1) is 0 Å². The molecule has 0 saturated heterocycles. The molecule has 0 radical (unpaired) electrons. The van der Waals surface area contributed by atoms with Crippen molar-refractivity contribution in [3.63, 3.8) is 0 Å². The number of nitrogens with zero attached hydrogens (tertiary/aromatic N) is 2. The van der Waals surface area contributed by atoms with E-state index in [1.165, 1.54) is 0 Å². The van der Waals surface area contributed by atoms with E-state index in [9.17, 15) is 0 Å². The molecule has 0 aliphatic heterocycles. The molecule has 1 aromatic heterocycles. The van der Waals surface area contributed by atoms with Gasteiger partial charge in [0.15, 0.2) is 5.82 Å². The van der Waals surface area contributed by atoms with Gasteiger partial charge in [-0.25, -0.2) is 9.97 Å². The van der Waals surface area contributed by atoms with Gasteiger partial charge in [-0.05, 0) is 36.8 Å². The van der Waals surface area contributed by atoms with Crippen LogP contribution in [0.2, 0.25) is 15.2 Å². The average molecular weight is 324 g/mol. The van der Waals surface area contributed by atoms with Gasteiger partial charge in [-0.2, -0.15) is 0 Å². The third kappa shape index (κ3) is 2.35. The van der Waals surface area contributed by atoms with E-state index in [4.69, 9.17) is 34.8 Å². The third-order valence-electron chi connectivity index (χ3n) is 3.06. The maximum Gasteiger partial charge on any atom is 0.162 e. The molecular formula is C15H9Cl3N2. The lowest BCUT2D eigenvalue weighted by Crippen LogP contribution is -1.94. The van der Waals surface area contributed by atoms with E-state index in [-0.39, 0.29) is 0 Å². The summed E-state index contributed by atoms with van der Waals surface area (Å²) in [4.78, 5) is 8.88. The van der Waals surface area contributed by atoms with Gasteiger partial charge >= 0.3 is 0 Å². The normalized spacial score (nSPS) is 11.0. The largest absolute Gasteiger partial charge is 0.228 e. The number of hydrogen-bond acceptors (Lipinski definition) is 2. The predicted octanol–water partition coefficient (Wildman–Crippen LogP) is 5.57. The van der Waals surface area contributed by atoms with Crippen molar-refractivity contribution in [1.82, 2.24) is 9.97 Å². The molecule has 2 nitrogen and oxygen atoms in total. The van der Waals surface area contributed by atoms with E-state index in [0.717, 1.165) is 16.5 Å². The minimum atomic E-state index is 0.425. The number of halogens is 3. The highest BCUT2D eigenvalue weighted by molar-refractivity contribution is 6.36. The Bertz CT molecular complexity index is 816. The maximum absolute atomic E-state index is 6.28. The van der Waals surface area contributed by atoms with E-state index in [1.807, 2.05) is 25.1 Å². The number of fused-ring (bicyclic) bond motifs is 1. The first-order valence-corrected chi connectivity index (χ1v) is 7.08. The number of benzene rings is 2. The molecule has 1 heterocycles. The quantitative estimate of drug-likeness (QED) is 0.547. The maximum atomic E-state index is 6.28. The molecule has 0 atom stereocenters. The van der Waals surface area contributed by atoms with Gasteiger partial charge in [-0.3, -0.25) is 0 Å². The highest BCUT2D eigenvalue weighted by Gasteiger charge is 2.12. The summed E-state index contributed by atoms with van der Waals surface area (Å²) in [5.41, 5.74) is 2.55. The summed E-state index contributed by atoms with van der Waals surface area (Å²) in [5.74, 6) is 0.495. The van der Waals surface area contributed by atoms with Crippen molar-refractivity contribution in [3.05, 3.63) is 57.2 Å². The molecule has 0 bridgehead atoms. The van der Waals surface area contributed by atoms with Crippen LogP contribution in [0.5, 0.6) is 0 Å². The van der Waals surface area contributed by atoms with E-state index >= 15 is 0 Å². The van der Waals surface area contributed by atoms with Crippen molar-refractivity contribution in [1.29, 1.82) is 0 Å². The monoisotopic (exact) mass is 322 g/mol. The number of hydrogen-bond donors (Lipinski definition) is 0. The lowest BCUT2D eigenvalue weighted by molar-refractivity contribution is 1.22. The first kappa shape index (κ1) is 13.6. The first-order chi connectivity index (χ1) is 9.56. The van der Waals surface area contributed by atoms with Crippen LogP contribution in [-0.4, -0.2) is 9.97 Å². The van der Waals surface area contributed by atoms with Crippen molar-refractivity contribution in [2.75, 3.05) is 0 Å². The number of rotatable bonds is 1. The Hall–Kier alpha value is -1.35. The van der Waals surface area contributed by atoms with Crippen LogP contribution in [0.3, 0.4) is 0 Å². The third-order valence-corrected chi connectivity index (χ3v) is 3.88. The molecule has 5 heteroatoms. The summed E-state index contributed by atoms with van der Waals surface area (Å²) in [6.45, 7) is 1.98. The fourth-order valence-corrected chi connectivity index (χ4v) is 2.91. The van der Waals surface area contributed by atoms with Crippen LogP contribution in [-0.2, 0) is 0 Å². The molecule has 0 N–H and O–H groups in total. The summed E-state index contributed by atoms with van der Waals surface area (Å²) >= 11 is 18.4. The molecule has 0 fully saturated rings. The molecule has 3 rings (SSSR count). The van der Waals surface area contributed by atoms with Gasteiger partial charge < -0.3 is 0 Å². The lowest BCUT2D eigenvalue weighted by atomic mass is 10.1. The number of aromatic nitrogens is 2. The highest BCUT2D eigenvalue weighted by atomic mass is 35.5. The van der Waals surface area contributed by atoms with Gasteiger partial charge in [0.1, 0.15) is 5.15 Å². The lowest BCUT2D eigenvalue weighted by Gasteiger charge is -2.08. The molecule has 0 saturated carbocycles. The summed E-state index contributed by atoms with van der Waals surface area (Å²) < 4.78 is 0. The highest BCUT2D eigenvalue weighted by Crippen LogP contribution is 2.31. The molecule has 0 unspecified atom stereocenters. The Morgan fingerprint density at radius 3 is 2.50 bits per heavy atom. The van der Waals surface area contributed by atoms with Crippen LogP contribution in [0.1, 0.15) is 5.56 Å². The fourth-order valence-electron chi connectivity index (χ4n) is 2.09. The molecule has 20 heavy (non-hydrogen) atoms. The molecule has 0 amide bonds. The Kier molecular flexibility index (Phi) is 3.55. The first-order valence-electron chi connectivity index (χ1n) is 5.94. The standard InChI is InChI=1S/C15H9Cl3N2/c1-8-3-2-4-12-13(8)14(18)20-15(19-12)10-6-5-9(16)7-11(10)17/h2-7H,1H3. The van der Waals surface area contributed by atoms with Crippen molar-refractivity contribution in [2.24, 2.45) is 0 Å². The summed E-state index contributed by atoms with van der Waals surface area (Å²) in [7, 11) is 0. The van der Waals surface area contributed by atoms with Gasteiger partial charge in [0, 0.05) is 16.0 Å². The molecular weight excluding hydrogens is 315 g/mol. The van der Waals surface area contributed by atoms with Crippen LogP contribution in [0.25, 0.3) is 22.3 Å². The van der Waals surface area contributed by atoms with Crippen molar-refractivity contribution >= 4 is 45.7 Å². The van der Waals surface area contributed by atoms with Crippen molar-refractivity contribution < 1.29 is 0 Å². The molecule has 100 valence electrons. The molecule has 0 aliphatic rings. The minimum absolute atomic E-state index is 0.425. The van der Waals surface area contributed by atoms with E-state index in [2.05, 4.69) is 9.97 Å². The van der Waals surface area contributed by atoms with Crippen LogP contribution >= 0.6 is 34.8 Å². The topological polar surface area (TPSA) is 25.8 Å². The predicted molar refractivity (Wildman–Crippen MR) is 84.7 cm³/mol. The van der Waals surface area contributed by atoms with Crippen LogP contribution in [0.15, 0.2) is 36.4 Å². The van der Waals surface area contributed by atoms with Gasteiger partial charge in [0.05, 0.1) is 10.5 Å². The molecule has 2 aromatic carbocycles. The molecule has 0 spiro atoms. The average Bonchev–Trinajstić information content (AvgIpc) is 2.38. The van der Waals surface area contributed by atoms with Gasteiger partial charge in [0.2, 0.25) is 0 Å². The Labute approximate surface area is 131 Å². The van der Waals surface area contributed by atoms with Crippen LogP contribution in [0, 0.1) is 6.92 Å². The summed E-state index contributed by atoms with van der Waals surface area (Å²) in [6.07, 6.45) is 0. The summed E-state index contributed by atoms with van der Waals surface area (Å²) in [6, 6.07) is 11.0. The minimum Gasteiger partial charge on any atom is -0.228 e. The van der Waals surface area contributed by atoms with Crippen molar-refractivity contribution in [2.45, 2.75) is 6.92 Å². The zero-order chi connectivity index (χ0) is 14.3. The van der Waals surface area contributed by atoms with Gasteiger partial charge in [-0.1, -0.05) is 46.9 Å². The SMILES string of the molecule is Cc1cccc2nc(-c3ccc(Cl)cc3Cl)nc(Cl)c12. The Morgan fingerprint density at radius 1 is 0.950 bits per heavy atom. The second-order valence-electron chi connectivity index (χ2n) is 4.43. The second kappa shape index (κ2) is 5.21. The van der Waals surface area contributed by atoms with E-state index in [0.29, 0.717) is 26.6 Å². The second-order valence-corrected chi connectivity index (χ2v) is 5.63. The zero-order valence-electron chi connectivity index (χ0n) is 10.5. The van der Waals surface area contributed by atoms with E-state index in [1.54, 1.807) is 18.2 Å². The summed E-state index contributed by atoms with van der Waals surface area (Å²) in [5, 5.41) is 2.36.